The minimum Gasteiger partial charge on any atom is -0.492 e. The first-order valence-electron chi connectivity index (χ1n) is 7.11. The predicted molar refractivity (Wildman–Crippen MR) is 81.1 cm³/mol. The van der Waals surface area contributed by atoms with Crippen LogP contribution in [0.4, 0.5) is 5.69 Å². The Morgan fingerprint density at radius 2 is 1.68 bits per heavy atom. The van der Waals surface area contributed by atoms with Crippen LogP contribution in [0.1, 0.15) is 34.6 Å². The summed E-state index contributed by atoms with van der Waals surface area (Å²) in [5, 5.41) is 3.53. The van der Waals surface area contributed by atoms with E-state index in [1.54, 1.807) is 0 Å². The summed E-state index contributed by atoms with van der Waals surface area (Å²) in [7, 11) is 0. The third-order valence-corrected chi connectivity index (χ3v) is 3.73. The summed E-state index contributed by atoms with van der Waals surface area (Å²) in [5.41, 5.74) is 1.32. The van der Waals surface area contributed by atoms with Gasteiger partial charge in [-0.25, -0.2) is 0 Å². The highest BCUT2D eigenvalue weighted by Gasteiger charge is 2.42. The van der Waals surface area contributed by atoms with Gasteiger partial charge in [-0.2, -0.15) is 0 Å². The second-order valence-electron chi connectivity index (χ2n) is 6.46. The zero-order chi connectivity index (χ0) is 14.1. The van der Waals surface area contributed by atoms with Crippen LogP contribution in [0.5, 0.6) is 5.75 Å². The smallest absolute Gasteiger partial charge is 0.142 e. The van der Waals surface area contributed by atoms with Crippen molar-refractivity contribution in [3.05, 3.63) is 24.3 Å². The average molecular weight is 262 g/mol. The fourth-order valence-electron chi connectivity index (χ4n) is 3.22. The first-order valence-corrected chi connectivity index (χ1v) is 7.11. The van der Waals surface area contributed by atoms with Crippen molar-refractivity contribution in [2.45, 2.75) is 45.7 Å². The third-order valence-electron chi connectivity index (χ3n) is 3.73. The molecule has 1 aliphatic heterocycles. The molecule has 1 saturated heterocycles. The Balaban J connectivity index is 2.47. The van der Waals surface area contributed by atoms with E-state index in [-0.39, 0.29) is 11.1 Å². The van der Waals surface area contributed by atoms with E-state index in [9.17, 15) is 0 Å². The second kappa shape index (κ2) is 5.04. The maximum Gasteiger partial charge on any atom is 0.142 e. The molecular formula is C16H26N2O. The molecule has 0 radical (unpaired) electrons. The lowest BCUT2D eigenvalue weighted by molar-refractivity contribution is 0.257. The van der Waals surface area contributed by atoms with E-state index in [1.807, 2.05) is 13.0 Å². The van der Waals surface area contributed by atoms with Crippen molar-refractivity contribution >= 4 is 5.69 Å². The first-order chi connectivity index (χ1) is 8.88. The van der Waals surface area contributed by atoms with E-state index in [2.05, 4.69) is 56.1 Å². The molecule has 0 aliphatic carbocycles. The summed E-state index contributed by atoms with van der Waals surface area (Å²) in [6.07, 6.45) is 0. The maximum atomic E-state index is 5.81. The molecule has 0 spiro atoms. The van der Waals surface area contributed by atoms with Gasteiger partial charge < -0.3 is 15.0 Å². The van der Waals surface area contributed by atoms with Crippen molar-refractivity contribution in [1.29, 1.82) is 0 Å². The number of nitrogens with one attached hydrogen (secondary N) is 1. The maximum absolute atomic E-state index is 5.81. The Kier molecular flexibility index (Phi) is 3.77. The quantitative estimate of drug-likeness (QED) is 0.906. The van der Waals surface area contributed by atoms with Gasteiger partial charge in [0.15, 0.2) is 0 Å². The van der Waals surface area contributed by atoms with E-state index >= 15 is 0 Å². The van der Waals surface area contributed by atoms with Gasteiger partial charge in [-0.15, -0.1) is 0 Å². The van der Waals surface area contributed by atoms with Gasteiger partial charge in [0.05, 0.1) is 12.3 Å². The molecule has 1 fully saturated rings. The number of ether oxygens (including phenoxy) is 1. The van der Waals surface area contributed by atoms with Gasteiger partial charge in [-0.1, -0.05) is 12.1 Å². The van der Waals surface area contributed by atoms with Gasteiger partial charge in [0.1, 0.15) is 5.75 Å². The zero-order valence-electron chi connectivity index (χ0n) is 12.8. The van der Waals surface area contributed by atoms with Crippen molar-refractivity contribution < 1.29 is 4.74 Å². The van der Waals surface area contributed by atoms with Crippen LogP contribution in [0.15, 0.2) is 24.3 Å². The molecule has 0 saturated carbocycles. The molecule has 19 heavy (non-hydrogen) atoms. The van der Waals surface area contributed by atoms with Crippen molar-refractivity contribution in [3.63, 3.8) is 0 Å². The van der Waals surface area contributed by atoms with Crippen molar-refractivity contribution in [2.75, 3.05) is 24.6 Å². The molecule has 1 aliphatic rings. The molecule has 2 rings (SSSR count). The molecule has 0 aromatic heterocycles. The Morgan fingerprint density at radius 1 is 1.11 bits per heavy atom. The average Bonchev–Trinajstić information content (AvgIpc) is 2.29. The molecule has 0 atom stereocenters. The van der Waals surface area contributed by atoms with Gasteiger partial charge in [0.25, 0.3) is 0 Å². The van der Waals surface area contributed by atoms with E-state index in [1.165, 1.54) is 5.69 Å². The minimum absolute atomic E-state index is 0.0644. The van der Waals surface area contributed by atoms with E-state index in [0.29, 0.717) is 6.61 Å². The van der Waals surface area contributed by atoms with Crippen LogP contribution in [-0.2, 0) is 0 Å². The fraction of sp³-hybridized carbons (Fsp3) is 0.625. The number of hydrogen-bond acceptors (Lipinski definition) is 3. The Bertz CT molecular complexity index is 424. The summed E-state index contributed by atoms with van der Waals surface area (Å²) in [6, 6.07) is 8.36. The standard InChI is InChI=1S/C16H26N2O/c1-6-19-14-10-8-7-9-13(14)18-15(2,3)11-17-12-16(18,4)5/h7-10,17H,6,11-12H2,1-5H3. The number of piperazine rings is 1. The SMILES string of the molecule is CCOc1ccccc1N1C(C)(C)CNCC1(C)C. The monoisotopic (exact) mass is 262 g/mol. The summed E-state index contributed by atoms with van der Waals surface area (Å²) in [5.74, 6) is 0.980. The molecule has 3 heteroatoms. The number of hydrogen-bond donors (Lipinski definition) is 1. The van der Waals surface area contributed by atoms with Gasteiger partial charge in [-0.3, -0.25) is 0 Å². The number of para-hydroxylation sites is 2. The summed E-state index contributed by atoms with van der Waals surface area (Å²) in [6.45, 7) is 13.8. The molecule has 1 aromatic rings. The van der Waals surface area contributed by atoms with Crippen LogP contribution < -0.4 is 15.0 Å². The van der Waals surface area contributed by atoms with Crippen molar-refractivity contribution in [1.82, 2.24) is 5.32 Å². The summed E-state index contributed by atoms with van der Waals surface area (Å²) < 4.78 is 5.81. The lowest BCUT2D eigenvalue weighted by Gasteiger charge is -2.54. The van der Waals surface area contributed by atoms with Crippen LogP contribution >= 0.6 is 0 Å². The van der Waals surface area contributed by atoms with E-state index < -0.39 is 0 Å². The van der Waals surface area contributed by atoms with Crippen LogP contribution in [0.25, 0.3) is 0 Å². The highest BCUT2D eigenvalue weighted by molar-refractivity contribution is 5.62. The molecular weight excluding hydrogens is 236 g/mol. The van der Waals surface area contributed by atoms with Gasteiger partial charge in [0, 0.05) is 24.2 Å². The van der Waals surface area contributed by atoms with Crippen LogP contribution in [0.2, 0.25) is 0 Å². The number of rotatable bonds is 3. The predicted octanol–water partition coefficient (Wildman–Crippen LogP) is 3.05. The van der Waals surface area contributed by atoms with Crippen LogP contribution in [-0.4, -0.2) is 30.8 Å². The number of anilines is 1. The molecule has 106 valence electrons. The fourth-order valence-corrected chi connectivity index (χ4v) is 3.22. The number of benzene rings is 1. The number of nitrogens with zero attached hydrogens (tertiary/aromatic N) is 1. The van der Waals surface area contributed by atoms with Crippen LogP contribution in [0, 0.1) is 0 Å². The van der Waals surface area contributed by atoms with Gasteiger partial charge >= 0.3 is 0 Å². The topological polar surface area (TPSA) is 24.5 Å². The summed E-state index contributed by atoms with van der Waals surface area (Å²) >= 11 is 0. The Labute approximate surface area is 116 Å². The molecule has 0 amide bonds. The molecule has 1 heterocycles. The lowest BCUT2D eigenvalue weighted by Crippen LogP contribution is -2.68. The highest BCUT2D eigenvalue weighted by Crippen LogP contribution is 2.39. The molecule has 0 unspecified atom stereocenters. The van der Waals surface area contributed by atoms with E-state index in [0.717, 1.165) is 18.8 Å². The Morgan fingerprint density at radius 3 is 2.26 bits per heavy atom. The second-order valence-corrected chi connectivity index (χ2v) is 6.46. The van der Waals surface area contributed by atoms with Crippen molar-refractivity contribution in [3.8, 4) is 5.75 Å². The normalized spacial score (nSPS) is 21.2. The highest BCUT2D eigenvalue weighted by atomic mass is 16.5. The minimum atomic E-state index is 0.0644. The molecule has 1 N–H and O–H groups in total. The first kappa shape index (κ1) is 14.2. The van der Waals surface area contributed by atoms with Gasteiger partial charge in [-0.05, 0) is 46.8 Å². The summed E-state index contributed by atoms with van der Waals surface area (Å²) in [4.78, 5) is 2.50. The third kappa shape index (κ3) is 2.71. The lowest BCUT2D eigenvalue weighted by atomic mass is 9.88. The van der Waals surface area contributed by atoms with E-state index in [4.69, 9.17) is 4.74 Å². The van der Waals surface area contributed by atoms with Crippen molar-refractivity contribution in [2.24, 2.45) is 0 Å². The molecule has 1 aromatic carbocycles. The Hall–Kier alpha value is -1.22. The molecule has 0 bridgehead atoms. The largest absolute Gasteiger partial charge is 0.492 e. The molecule has 3 nitrogen and oxygen atoms in total. The zero-order valence-corrected chi connectivity index (χ0v) is 12.8. The van der Waals surface area contributed by atoms with Gasteiger partial charge in [0.2, 0.25) is 0 Å². The van der Waals surface area contributed by atoms with Crippen LogP contribution in [0.3, 0.4) is 0 Å².